The monoisotopic (exact) mass is 188 g/mol. The van der Waals surface area contributed by atoms with Crippen molar-refractivity contribution in [2.24, 2.45) is 5.92 Å². The molecule has 1 rings (SSSR count). The second-order valence-electron chi connectivity index (χ2n) is 3.75. The number of ketones is 1. The molecule has 1 atom stereocenters. The van der Waals surface area contributed by atoms with Crippen molar-refractivity contribution in [2.75, 3.05) is 0 Å². The van der Waals surface area contributed by atoms with E-state index in [1.165, 1.54) is 12.0 Å². The lowest BCUT2D eigenvalue weighted by Crippen LogP contribution is -2.16. The summed E-state index contributed by atoms with van der Waals surface area (Å²) in [6.07, 6.45) is 2.95. The number of carbonyl (C=O) groups is 1. The first kappa shape index (κ1) is 11.7. The van der Waals surface area contributed by atoms with E-state index in [1.807, 2.05) is 13.8 Å². The lowest BCUT2D eigenvalue weighted by molar-refractivity contribution is -0.117. The molecule has 0 spiro atoms. The first-order valence-corrected chi connectivity index (χ1v) is 4.31. The smallest absolute Gasteiger partial charge is 0.159 e. The van der Waals surface area contributed by atoms with Crippen molar-refractivity contribution in [1.29, 1.82) is 0 Å². The minimum Gasteiger partial charge on any atom is -0.295 e. The number of rotatable bonds is 0. The van der Waals surface area contributed by atoms with Gasteiger partial charge in [0.15, 0.2) is 5.78 Å². The standard InChI is InChI=1S/C10H16O.ClH/c1-7(2)9-5-4-8(3)6-10(9)11;/h8H,4-6H2,1-3H3;1H. The molecule has 0 aliphatic heterocycles. The molecule has 0 radical (unpaired) electrons. The number of Topliss-reactive ketones (excluding diaryl/α,β-unsaturated/α-hetero) is 1. The molecule has 1 aliphatic carbocycles. The van der Waals surface area contributed by atoms with Crippen LogP contribution in [-0.4, -0.2) is 5.78 Å². The van der Waals surface area contributed by atoms with Crippen molar-refractivity contribution in [2.45, 2.75) is 40.0 Å². The maximum absolute atomic E-state index is 11.4. The van der Waals surface area contributed by atoms with E-state index < -0.39 is 0 Å². The van der Waals surface area contributed by atoms with Crippen LogP contribution < -0.4 is 0 Å². The number of halogens is 1. The Bertz CT molecular complexity index is 202. The highest BCUT2D eigenvalue weighted by Gasteiger charge is 2.20. The predicted molar refractivity (Wildman–Crippen MR) is 53.6 cm³/mol. The number of hydrogen-bond acceptors (Lipinski definition) is 1. The Kier molecular flexibility index (Phi) is 4.54. The molecule has 2 heteroatoms. The van der Waals surface area contributed by atoms with Crippen LogP contribution in [0.25, 0.3) is 0 Å². The first-order chi connectivity index (χ1) is 5.11. The normalized spacial score (nSPS) is 23.4. The van der Waals surface area contributed by atoms with Crippen LogP contribution in [0.1, 0.15) is 40.0 Å². The van der Waals surface area contributed by atoms with E-state index in [1.54, 1.807) is 0 Å². The lowest BCUT2D eigenvalue weighted by Gasteiger charge is -2.19. The van der Waals surface area contributed by atoms with Crippen LogP contribution in [0, 0.1) is 5.92 Å². The van der Waals surface area contributed by atoms with Crippen molar-refractivity contribution in [1.82, 2.24) is 0 Å². The third-order valence-corrected chi connectivity index (χ3v) is 2.36. The fraction of sp³-hybridized carbons (Fsp3) is 0.700. The predicted octanol–water partition coefficient (Wildman–Crippen LogP) is 3.13. The third-order valence-electron chi connectivity index (χ3n) is 2.36. The van der Waals surface area contributed by atoms with Gasteiger partial charge in [-0.25, -0.2) is 0 Å². The molecule has 0 amide bonds. The highest BCUT2D eigenvalue weighted by Crippen LogP contribution is 2.26. The molecule has 1 fully saturated rings. The summed E-state index contributed by atoms with van der Waals surface area (Å²) in [6, 6.07) is 0. The Hall–Kier alpha value is -0.300. The van der Waals surface area contributed by atoms with E-state index >= 15 is 0 Å². The summed E-state index contributed by atoms with van der Waals surface area (Å²) in [6.45, 7) is 6.21. The maximum Gasteiger partial charge on any atom is 0.159 e. The van der Waals surface area contributed by atoms with Crippen LogP contribution in [0.4, 0.5) is 0 Å². The van der Waals surface area contributed by atoms with E-state index in [9.17, 15) is 4.79 Å². The van der Waals surface area contributed by atoms with Gasteiger partial charge in [0, 0.05) is 6.42 Å². The average molecular weight is 189 g/mol. The largest absolute Gasteiger partial charge is 0.295 e. The van der Waals surface area contributed by atoms with Gasteiger partial charge in [-0.2, -0.15) is 0 Å². The zero-order valence-electron chi connectivity index (χ0n) is 8.02. The summed E-state index contributed by atoms with van der Waals surface area (Å²) in [7, 11) is 0. The van der Waals surface area contributed by atoms with Gasteiger partial charge in [-0.3, -0.25) is 4.79 Å². The molecule has 1 aliphatic rings. The summed E-state index contributed by atoms with van der Waals surface area (Å²) >= 11 is 0. The van der Waals surface area contributed by atoms with Gasteiger partial charge in [0.05, 0.1) is 0 Å². The Labute approximate surface area is 80.6 Å². The Morgan fingerprint density at radius 1 is 1.42 bits per heavy atom. The molecular weight excluding hydrogens is 172 g/mol. The van der Waals surface area contributed by atoms with Gasteiger partial charge in [0.1, 0.15) is 0 Å². The summed E-state index contributed by atoms with van der Waals surface area (Å²) in [5, 5.41) is 0. The van der Waals surface area contributed by atoms with Crippen LogP contribution in [0.3, 0.4) is 0 Å². The zero-order valence-corrected chi connectivity index (χ0v) is 8.83. The Morgan fingerprint density at radius 2 is 2.00 bits per heavy atom. The van der Waals surface area contributed by atoms with Gasteiger partial charge < -0.3 is 0 Å². The second kappa shape index (κ2) is 4.66. The molecule has 1 nitrogen and oxygen atoms in total. The second-order valence-corrected chi connectivity index (χ2v) is 3.75. The van der Waals surface area contributed by atoms with Crippen LogP contribution in [0.15, 0.2) is 11.1 Å². The van der Waals surface area contributed by atoms with Gasteiger partial charge in [-0.1, -0.05) is 12.5 Å². The minimum absolute atomic E-state index is 0. The van der Waals surface area contributed by atoms with Crippen molar-refractivity contribution < 1.29 is 4.79 Å². The summed E-state index contributed by atoms with van der Waals surface area (Å²) in [5.74, 6) is 0.981. The molecule has 1 unspecified atom stereocenters. The Morgan fingerprint density at radius 3 is 2.42 bits per heavy atom. The molecule has 70 valence electrons. The number of hydrogen-bond donors (Lipinski definition) is 0. The third kappa shape index (κ3) is 2.63. The molecule has 0 N–H and O–H groups in total. The van der Waals surface area contributed by atoms with Gasteiger partial charge in [0.25, 0.3) is 0 Å². The van der Waals surface area contributed by atoms with E-state index in [4.69, 9.17) is 0 Å². The molecule has 12 heavy (non-hydrogen) atoms. The fourth-order valence-corrected chi connectivity index (χ4v) is 1.60. The molecule has 0 bridgehead atoms. The van der Waals surface area contributed by atoms with Crippen molar-refractivity contribution in [3.63, 3.8) is 0 Å². The fourth-order valence-electron chi connectivity index (χ4n) is 1.60. The topological polar surface area (TPSA) is 17.1 Å². The summed E-state index contributed by atoms with van der Waals surface area (Å²) < 4.78 is 0. The van der Waals surface area contributed by atoms with E-state index in [0.717, 1.165) is 18.4 Å². The van der Waals surface area contributed by atoms with Crippen LogP contribution in [0.2, 0.25) is 0 Å². The quantitative estimate of drug-likeness (QED) is 0.534. The van der Waals surface area contributed by atoms with Crippen molar-refractivity contribution in [3.05, 3.63) is 11.1 Å². The maximum atomic E-state index is 11.4. The number of allylic oxidation sites excluding steroid dienone is 2. The van der Waals surface area contributed by atoms with Gasteiger partial charge in [-0.15, -0.1) is 12.4 Å². The SMILES string of the molecule is CC(C)=C1CCC(C)CC1=O.Cl. The van der Waals surface area contributed by atoms with Crippen LogP contribution in [-0.2, 0) is 4.79 Å². The van der Waals surface area contributed by atoms with Crippen LogP contribution in [0.5, 0.6) is 0 Å². The van der Waals surface area contributed by atoms with Gasteiger partial charge in [0.2, 0.25) is 0 Å². The highest BCUT2D eigenvalue weighted by atomic mass is 35.5. The Balaban J connectivity index is 0.00000121. The van der Waals surface area contributed by atoms with Crippen LogP contribution >= 0.6 is 12.4 Å². The van der Waals surface area contributed by atoms with Gasteiger partial charge in [-0.05, 0) is 38.2 Å². The van der Waals surface area contributed by atoms with E-state index in [-0.39, 0.29) is 12.4 Å². The molecule has 0 aromatic carbocycles. The molecule has 0 heterocycles. The summed E-state index contributed by atoms with van der Waals surface area (Å²) in [5.41, 5.74) is 2.30. The van der Waals surface area contributed by atoms with Crippen molar-refractivity contribution in [3.8, 4) is 0 Å². The highest BCUT2D eigenvalue weighted by molar-refractivity contribution is 5.96. The summed E-state index contributed by atoms with van der Waals surface area (Å²) in [4.78, 5) is 11.4. The van der Waals surface area contributed by atoms with E-state index in [0.29, 0.717) is 11.7 Å². The molecule has 0 aromatic rings. The molecular formula is C10H17ClO. The van der Waals surface area contributed by atoms with E-state index in [2.05, 4.69) is 6.92 Å². The van der Waals surface area contributed by atoms with Crippen molar-refractivity contribution >= 4 is 18.2 Å². The average Bonchev–Trinajstić information content (AvgIpc) is 1.85. The minimum atomic E-state index is 0. The first-order valence-electron chi connectivity index (χ1n) is 4.31. The zero-order chi connectivity index (χ0) is 8.43. The molecule has 0 aromatic heterocycles. The number of carbonyl (C=O) groups excluding carboxylic acids is 1. The molecule has 0 saturated heterocycles. The molecule has 1 saturated carbocycles. The lowest BCUT2D eigenvalue weighted by atomic mass is 9.84. The van der Waals surface area contributed by atoms with Gasteiger partial charge >= 0.3 is 0 Å².